The molecular weight excluding hydrogens is 487 g/mol. The molecule has 1 fully saturated rings. The average Bonchev–Trinajstić information content (AvgIpc) is 3.17. The van der Waals surface area contributed by atoms with Gasteiger partial charge in [0.25, 0.3) is 0 Å². The van der Waals surface area contributed by atoms with Crippen molar-refractivity contribution >= 4 is 62.9 Å². The lowest BCUT2D eigenvalue weighted by atomic mass is 10.2. The quantitative estimate of drug-likeness (QED) is 0.372. The highest BCUT2D eigenvalue weighted by molar-refractivity contribution is 14.1. The zero-order valence-electron chi connectivity index (χ0n) is 13.5. The first kappa shape index (κ1) is 18.2. The van der Waals surface area contributed by atoms with Gasteiger partial charge in [0.15, 0.2) is 17.0 Å². The van der Waals surface area contributed by atoms with E-state index in [2.05, 4.69) is 48.9 Å². The summed E-state index contributed by atoms with van der Waals surface area (Å²) in [6.45, 7) is 0.595. The number of benzene rings is 1. The molecule has 1 saturated heterocycles. The summed E-state index contributed by atoms with van der Waals surface area (Å²) in [5, 5.41) is 13.5. The van der Waals surface area contributed by atoms with E-state index in [1.54, 1.807) is 18.1 Å². The Hall–Kier alpha value is -1.14. The van der Waals surface area contributed by atoms with Crippen molar-refractivity contribution in [1.29, 1.82) is 0 Å². The zero-order valence-corrected chi connectivity index (χ0v) is 17.2. The fourth-order valence-electron chi connectivity index (χ4n) is 2.90. The van der Waals surface area contributed by atoms with Crippen LogP contribution in [0.3, 0.4) is 0 Å². The molecule has 0 saturated carbocycles. The van der Waals surface area contributed by atoms with Crippen molar-refractivity contribution in [3.05, 3.63) is 45.0 Å². The summed E-state index contributed by atoms with van der Waals surface area (Å²) in [6, 6.07) is 7.93. The maximum atomic E-state index is 10.3. The van der Waals surface area contributed by atoms with E-state index in [-0.39, 0.29) is 16.7 Å². The summed E-state index contributed by atoms with van der Waals surface area (Å²) in [5.41, 5.74) is 8.26. The molecule has 0 spiro atoms. The number of fused-ring (bicyclic) bond motifs is 1. The third-order valence-electron chi connectivity index (χ3n) is 4.21. The lowest BCUT2D eigenvalue weighted by Gasteiger charge is -2.17. The number of aromatic nitrogens is 4. The number of thioether (sulfide) groups is 1. The number of anilines is 1. The van der Waals surface area contributed by atoms with Gasteiger partial charge in [0.1, 0.15) is 11.5 Å². The highest BCUT2D eigenvalue weighted by Crippen LogP contribution is 2.37. The summed E-state index contributed by atoms with van der Waals surface area (Å²) in [6.07, 6.45) is 1.000. The highest BCUT2D eigenvalue weighted by atomic mass is 127. The van der Waals surface area contributed by atoms with Crippen LogP contribution in [-0.2, 0) is 6.54 Å². The van der Waals surface area contributed by atoms with E-state index in [1.165, 1.54) is 3.57 Å². The molecule has 0 unspecified atom stereocenters. The second kappa shape index (κ2) is 7.47. The highest BCUT2D eigenvalue weighted by Gasteiger charge is 2.35. The van der Waals surface area contributed by atoms with Crippen LogP contribution in [0.15, 0.2) is 30.6 Å². The molecule has 1 aliphatic rings. The first-order valence-electron chi connectivity index (χ1n) is 7.96. The number of nitrogens with zero attached hydrogens (tertiary/aromatic N) is 4. The van der Waals surface area contributed by atoms with Crippen LogP contribution in [0.2, 0.25) is 5.28 Å². The van der Waals surface area contributed by atoms with Crippen LogP contribution in [0.5, 0.6) is 0 Å². The van der Waals surface area contributed by atoms with Gasteiger partial charge in [-0.05, 0) is 51.9 Å². The lowest BCUT2D eigenvalue weighted by molar-refractivity contribution is 0.139. The largest absolute Gasteiger partial charge is 0.388 e. The Balaban J connectivity index is 1.66. The van der Waals surface area contributed by atoms with Crippen molar-refractivity contribution < 1.29 is 5.11 Å². The Morgan fingerprint density at radius 1 is 1.42 bits per heavy atom. The van der Waals surface area contributed by atoms with Gasteiger partial charge in [-0.3, -0.25) is 4.57 Å². The number of nitrogens with one attached hydrogen (secondary N) is 1. The number of aliphatic hydroxyl groups excluding tert-OH is 1. The normalized spacial score (nSPS) is 22.8. The molecule has 3 heterocycles. The van der Waals surface area contributed by atoms with Crippen LogP contribution < -0.4 is 11.1 Å². The zero-order chi connectivity index (χ0) is 18.3. The Labute approximate surface area is 172 Å². The third kappa shape index (κ3) is 3.50. The van der Waals surface area contributed by atoms with Crippen molar-refractivity contribution in [3.8, 4) is 0 Å². The van der Waals surface area contributed by atoms with E-state index in [0.717, 1.165) is 5.56 Å². The predicted molar refractivity (Wildman–Crippen MR) is 112 cm³/mol. The maximum absolute atomic E-state index is 10.3. The molecule has 1 aromatic carbocycles. The minimum atomic E-state index is -0.658. The van der Waals surface area contributed by atoms with Crippen LogP contribution in [0.4, 0.5) is 5.82 Å². The van der Waals surface area contributed by atoms with Crippen molar-refractivity contribution in [1.82, 2.24) is 19.5 Å². The number of nitrogens with two attached hydrogens (primary N) is 1. The monoisotopic (exact) mass is 502 g/mol. The first-order chi connectivity index (χ1) is 12.5. The van der Waals surface area contributed by atoms with E-state index in [1.807, 2.05) is 22.8 Å². The smallest absolute Gasteiger partial charge is 0.226 e. The lowest BCUT2D eigenvalue weighted by Crippen LogP contribution is -2.35. The van der Waals surface area contributed by atoms with Crippen LogP contribution >= 0.6 is 46.0 Å². The summed E-state index contributed by atoms with van der Waals surface area (Å²) >= 11 is 9.99. The topological polar surface area (TPSA) is 102 Å². The molecule has 3 atom stereocenters. The molecule has 26 heavy (non-hydrogen) atoms. The van der Waals surface area contributed by atoms with Crippen molar-refractivity contribution in [2.24, 2.45) is 5.73 Å². The molecule has 2 aromatic heterocycles. The minimum absolute atomic E-state index is 0.131. The first-order valence-corrected chi connectivity index (χ1v) is 10.5. The summed E-state index contributed by atoms with van der Waals surface area (Å²) in [7, 11) is 0. The summed E-state index contributed by atoms with van der Waals surface area (Å²) < 4.78 is 2.99. The summed E-state index contributed by atoms with van der Waals surface area (Å²) in [4.78, 5) is 13.0. The molecule has 4 N–H and O–H groups in total. The Morgan fingerprint density at radius 2 is 2.27 bits per heavy atom. The van der Waals surface area contributed by atoms with Gasteiger partial charge in [0.2, 0.25) is 5.28 Å². The second-order valence-corrected chi connectivity index (χ2v) is 8.76. The van der Waals surface area contributed by atoms with Crippen molar-refractivity contribution in [3.63, 3.8) is 0 Å². The minimum Gasteiger partial charge on any atom is -0.388 e. The number of hydrogen-bond donors (Lipinski definition) is 3. The second-order valence-electron chi connectivity index (χ2n) is 6.03. The van der Waals surface area contributed by atoms with E-state index < -0.39 is 6.10 Å². The molecule has 0 aliphatic carbocycles. The van der Waals surface area contributed by atoms with E-state index >= 15 is 0 Å². The van der Waals surface area contributed by atoms with Crippen LogP contribution in [0.25, 0.3) is 11.2 Å². The molecule has 3 aromatic rings. The number of halogens is 2. The van der Waals surface area contributed by atoms with Crippen molar-refractivity contribution in [2.45, 2.75) is 24.1 Å². The van der Waals surface area contributed by atoms with E-state index in [4.69, 9.17) is 17.3 Å². The molecule has 1 aliphatic heterocycles. The average molecular weight is 503 g/mol. The van der Waals surface area contributed by atoms with Crippen molar-refractivity contribution in [2.75, 3.05) is 11.1 Å². The fourth-order valence-corrected chi connectivity index (χ4v) is 5.00. The van der Waals surface area contributed by atoms with E-state index in [9.17, 15) is 5.11 Å². The van der Waals surface area contributed by atoms with Crippen LogP contribution in [0, 0.1) is 3.57 Å². The Bertz CT molecular complexity index is 954. The van der Waals surface area contributed by atoms with Gasteiger partial charge in [-0.25, -0.2) is 4.98 Å². The Morgan fingerprint density at radius 3 is 3.00 bits per heavy atom. The molecule has 0 radical (unpaired) electrons. The summed E-state index contributed by atoms with van der Waals surface area (Å²) in [5.74, 6) is 1.25. The van der Waals surface area contributed by atoms with Gasteiger partial charge < -0.3 is 16.2 Å². The van der Waals surface area contributed by atoms with Gasteiger partial charge in [0, 0.05) is 21.9 Å². The van der Waals surface area contributed by atoms with Crippen LogP contribution in [0.1, 0.15) is 10.9 Å². The standard InChI is InChI=1S/C16H16ClIN6OS/c17-16-22-13(20-5-8-2-1-3-9(18)4-8)11-14(23-16)24(7-21-11)15-12(25)10(19)6-26-15/h1-4,7,10,12,15,25H,5-6,19H2,(H,20,22,23)/t10-,12-,15-/m1/s1. The Kier molecular flexibility index (Phi) is 5.24. The molecule has 0 amide bonds. The van der Waals surface area contributed by atoms with Gasteiger partial charge in [0.05, 0.1) is 6.33 Å². The number of rotatable bonds is 4. The predicted octanol–water partition coefficient (Wildman–Crippen LogP) is 2.63. The molecule has 4 rings (SSSR count). The van der Waals surface area contributed by atoms with Gasteiger partial charge in [-0.1, -0.05) is 12.1 Å². The van der Waals surface area contributed by atoms with Gasteiger partial charge in [-0.2, -0.15) is 9.97 Å². The van der Waals surface area contributed by atoms with Gasteiger partial charge in [-0.15, -0.1) is 11.8 Å². The fraction of sp³-hybridized carbons (Fsp3) is 0.312. The number of imidazole rings is 1. The SMILES string of the molecule is N[C@@H]1CS[C@@H](n2cnc3c(NCc4cccc(I)c4)nc(Cl)nc32)[C@@H]1O. The number of aliphatic hydroxyl groups is 1. The molecule has 136 valence electrons. The van der Waals surface area contributed by atoms with Crippen LogP contribution in [-0.4, -0.2) is 42.5 Å². The van der Waals surface area contributed by atoms with E-state index in [0.29, 0.717) is 29.3 Å². The number of hydrogen-bond acceptors (Lipinski definition) is 7. The molecular formula is C16H16ClIN6OS. The maximum Gasteiger partial charge on any atom is 0.226 e. The molecule has 0 bridgehead atoms. The third-order valence-corrected chi connectivity index (χ3v) is 6.47. The van der Waals surface area contributed by atoms with Gasteiger partial charge >= 0.3 is 0 Å². The molecule has 7 nitrogen and oxygen atoms in total. The molecule has 10 heteroatoms.